The Morgan fingerprint density at radius 1 is 1.23 bits per heavy atom. The van der Waals surface area contributed by atoms with Crippen LogP contribution in [0, 0.1) is 6.92 Å². The first kappa shape index (κ1) is 22.5. The first-order chi connectivity index (χ1) is 15.0. The van der Waals surface area contributed by atoms with E-state index in [0.717, 1.165) is 58.4 Å². The Morgan fingerprint density at radius 2 is 2.03 bits per heavy atom. The van der Waals surface area contributed by atoms with Gasteiger partial charge < -0.3 is 14.2 Å². The number of fused-ring (bicyclic) bond motifs is 1. The summed E-state index contributed by atoms with van der Waals surface area (Å²) in [5.41, 5.74) is 0.660. The van der Waals surface area contributed by atoms with Crippen molar-refractivity contribution >= 4 is 45.6 Å². The van der Waals surface area contributed by atoms with Gasteiger partial charge in [-0.15, -0.1) is 10.2 Å². The zero-order chi connectivity index (χ0) is 21.8. The molecule has 1 aliphatic heterocycles. The standard InChI is InChI=1S/C21H25ClN4O3S2/c1-13(2)29-17-12-18(31-21-25-24-14(3)30-21)23-20-15(17)4-5-16(19(20)22)28-11-8-26-6-9-27-10-7-26/h4-5,12-13H,6-11H2,1-3H3. The molecule has 3 heterocycles. The third kappa shape index (κ3) is 5.78. The number of morpholine rings is 1. The predicted molar refractivity (Wildman–Crippen MR) is 124 cm³/mol. The number of ether oxygens (including phenoxy) is 3. The summed E-state index contributed by atoms with van der Waals surface area (Å²) in [6, 6.07) is 5.78. The number of halogens is 1. The molecule has 1 saturated heterocycles. The maximum absolute atomic E-state index is 6.74. The molecular formula is C21H25ClN4O3S2. The average Bonchev–Trinajstić information content (AvgIpc) is 3.15. The molecule has 0 atom stereocenters. The number of nitrogens with zero attached hydrogens (tertiary/aromatic N) is 4. The summed E-state index contributed by atoms with van der Waals surface area (Å²) in [7, 11) is 0. The number of rotatable bonds is 8. The van der Waals surface area contributed by atoms with Crippen LogP contribution >= 0.6 is 34.7 Å². The molecule has 2 aromatic heterocycles. The predicted octanol–water partition coefficient (Wildman–Crippen LogP) is 4.70. The van der Waals surface area contributed by atoms with E-state index in [-0.39, 0.29) is 6.10 Å². The molecule has 7 nitrogen and oxygen atoms in total. The van der Waals surface area contributed by atoms with Crippen LogP contribution in [0.3, 0.4) is 0 Å². The van der Waals surface area contributed by atoms with Gasteiger partial charge in [-0.25, -0.2) is 4.98 Å². The van der Waals surface area contributed by atoms with Gasteiger partial charge in [0.2, 0.25) is 0 Å². The number of pyridine rings is 1. The molecule has 0 spiro atoms. The van der Waals surface area contributed by atoms with Gasteiger partial charge in [0.1, 0.15) is 33.2 Å². The fourth-order valence-electron chi connectivity index (χ4n) is 3.22. The Labute approximate surface area is 195 Å². The minimum Gasteiger partial charge on any atom is -0.491 e. The molecule has 10 heteroatoms. The highest BCUT2D eigenvalue weighted by Gasteiger charge is 2.17. The quantitative estimate of drug-likeness (QED) is 0.459. The van der Waals surface area contributed by atoms with E-state index in [1.165, 1.54) is 23.1 Å². The van der Waals surface area contributed by atoms with Crippen molar-refractivity contribution in [2.45, 2.75) is 36.2 Å². The molecule has 0 amide bonds. The second kappa shape index (κ2) is 10.3. The van der Waals surface area contributed by atoms with Crippen LogP contribution in [-0.4, -0.2) is 65.6 Å². The second-order valence-electron chi connectivity index (χ2n) is 7.39. The number of aromatic nitrogens is 3. The SMILES string of the molecule is Cc1nnc(Sc2cc(OC(C)C)c3ccc(OCCN4CCOCC4)c(Cl)c3n2)s1. The van der Waals surface area contributed by atoms with Crippen molar-refractivity contribution in [2.24, 2.45) is 0 Å². The molecule has 0 bridgehead atoms. The Morgan fingerprint density at radius 3 is 2.74 bits per heavy atom. The van der Waals surface area contributed by atoms with Gasteiger partial charge in [0, 0.05) is 31.1 Å². The molecule has 1 aliphatic rings. The van der Waals surface area contributed by atoms with Crippen LogP contribution in [0.4, 0.5) is 0 Å². The summed E-state index contributed by atoms with van der Waals surface area (Å²) >= 11 is 9.72. The summed E-state index contributed by atoms with van der Waals surface area (Å²) in [4.78, 5) is 7.11. The van der Waals surface area contributed by atoms with Crippen molar-refractivity contribution in [3.8, 4) is 11.5 Å². The highest BCUT2D eigenvalue weighted by atomic mass is 35.5. The minimum atomic E-state index is 0.0236. The lowest BCUT2D eigenvalue weighted by atomic mass is 10.2. The first-order valence-corrected chi connectivity index (χ1v) is 12.2. The molecule has 0 aliphatic carbocycles. The number of hydrogen-bond acceptors (Lipinski definition) is 9. The fraction of sp³-hybridized carbons (Fsp3) is 0.476. The Kier molecular flexibility index (Phi) is 7.50. The minimum absolute atomic E-state index is 0.0236. The third-order valence-electron chi connectivity index (χ3n) is 4.65. The molecule has 1 aromatic carbocycles. The monoisotopic (exact) mass is 480 g/mol. The van der Waals surface area contributed by atoms with E-state index in [1.54, 1.807) is 0 Å². The van der Waals surface area contributed by atoms with Crippen LogP contribution < -0.4 is 9.47 Å². The van der Waals surface area contributed by atoms with Crippen LogP contribution in [0.2, 0.25) is 5.02 Å². The number of aryl methyl sites for hydroxylation is 1. The zero-order valence-electron chi connectivity index (χ0n) is 17.8. The Hall–Kier alpha value is -1.65. The molecule has 4 rings (SSSR count). The van der Waals surface area contributed by atoms with Crippen LogP contribution in [0.5, 0.6) is 11.5 Å². The fourth-order valence-corrected chi connectivity index (χ4v) is 5.25. The van der Waals surface area contributed by atoms with Crippen LogP contribution in [0.25, 0.3) is 10.9 Å². The maximum atomic E-state index is 6.74. The van der Waals surface area contributed by atoms with Gasteiger partial charge in [-0.05, 0) is 44.7 Å². The van der Waals surface area contributed by atoms with Gasteiger partial charge >= 0.3 is 0 Å². The summed E-state index contributed by atoms with van der Waals surface area (Å²) < 4.78 is 18.3. The van der Waals surface area contributed by atoms with Crippen molar-refractivity contribution in [1.29, 1.82) is 0 Å². The molecule has 0 saturated carbocycles. The van der Waals surface area contributed by atoms with E-state index in [1.807, 2.05) is 39.0 Å². The van der Waals surface area contributed by atoms with E-state index in [2.05, 4.69) is 15.1 Å². The van der Waals surface area contributed by atoms with Gasteiger partial charge in [0.25, 0.3) is 0 Å². The summed E-state index contributed by atoms with van der Waals surface area (Å²) in [5, 5.41) is 11.3. The highest BCUT2D eigenvalue weighted by molar-refractivity contribution is 8.01. The average molecular weight is 481 g/mol. The number of hydrogen-bond donors (Lipinski definition) is 0. The van der Waals surface area contributed by atoms with Crippen molar-refractivity contribution in [3.05, 3.63) is 28.2 Å². The summed E-state index contributed by atoms with van der Waals surface area (Å²) in [6.07, 6.45) is 0.0236. The normalized spacial score (nSPS) is 15.0. The lowest BCUT2D eigenvalue weighted by Gasteiger charge is -2.26. The zero-order valence-corrected chi connectivity index (χ0v) is 20.1. The smallest absolute Gasteiger partial charge is 0.180 e. The highest BCUT2D eigenvalue weighted by Crippen LogP contribution is 2.40. The molecule has 0 N–H and O–H groups in total. The lowest BCUT2D eigenvalue weighted by molar-refractivity contribution is 0.0322. The maximum Gasteiger partial charge on any atom is 0.180 e. The molecule has 0 radical (unpaired) electrons. The first-order valence-electron chi connectivity index (χ1n) is 10.2. The van der Waals surface area contributed by atoms with Crippen LogP contribution in [0.15, 0.2) is 27.6 Å². The molecule has 0 unspecified atom stereocenters. The van der Waals surface area contributed by atoms with Gasteiger partial charge in [0.15, 0.2) is 4.34 Å². The van der Waals surface area contributed by atoms with Gasteiger partial charge in [0.05, 0.1) is 24.8 Å². The van der Waals surface area contributed by atoms with E-state index in [4.69, 9.17) is 30.8 Å². The second-order valence-corrected chi connectivity index (χ2v) is 10.2. The van der Waals surface area contributed by atoms with E-state index in [0.29, 0.717) is 22.9 Å². The largest absolute Gasteiger partial charge is 0.491 e. The molecule has 31 heavy (non-hydrogen) atoms. The Balaban J connectivity index is 1.59. The van der Waals surface area contributed by atoms with E-state index in [9.17, 15) is 0 Å². The van der Waals surface area contributed by atoms with Gasteiger partial charge in [-0.1, -0.05) is 22.9 Å². The van der Waals surface area contributed by atoms with Crippen LogP contribution in [0.1, 0.15) is 18.9 Å². The van der Waals surface area contributed by atoms with Crippen molar-refractivity contribution < 1.29 is 14.2 Å². The van der Waals surface area contributed by atoms with E-state index < -0.39 is 0 Å². The Bertz CT molecular complexity index is 1040. The van der Waals surface area contributed by atoms with Gasteiger partial charge in [-0.2, -0.15) is 0 Å². The molecule has 1 fully saturated rings. The van der Waals surface area contributed by atoms with Crippen molar-refractivity contribution in [2.75, 3.05) is 39.5 Å². The summed E-state index contributed by atoms with van der Waals surface area (Å²) in [6.45, 7) is 10.7. The summed E-state index contributed by atoms with van der Waals surface area (Å²) in [5.74, 6) is 1.37. The third-order valence-corrected chi connectivity index (χ3v) is 6.83. The van der Waals surface area contributed by atoms with Crippen LogP contribution in [-0.2, 0) is 4.74 Å². The molecule has 3 aromatic rings. The molecular weight excluding hydrogens is 456 g/mol. The molecule has 166 valence electrons. The van der Waals surface area contributed by atoms with Crippen molar-refractivity contribution in [3.63, 3.8) is 0 Å². The van der Waals surface area contributed by atoms with E-state index >= 15 is 0 Å². The van der Waals surface area contributed by atoms with Gasteiger partial charge in [-0.3, -0.25) is 4.90 Å². The lowest BCUT2D eigenvalue weighted by Crippen LogP contribution is -2.38. The number of benzene rings is 1. The van der Waals surface area contributed by atoms with Crippen molar-refractivity contribution in [1.82, 2.24) is 20.1 Å². The topological polar surface area (TPSA) is 69.6 Å².